The van der Waals surface area contributed by atoms with Crippen molar-refractivity contribution in [1.29, 1.82) is 0 Å². The maximum atomic E-state index is 2.05. The summed E-state index contributed by atoms with van der Waals surface area (Å²) in [6.07, 6.45) is 20.1. The van der Waals surface area contributed by atoms with Crippen LogP contribution in [-0.2, 0) is 0 Å². The van der Waals surface area contributed by atoms with Crippen LogP contribution in [0.15, 0.2) is 0 Å². The summed E-state index contributed by atoms with van der Waals surface area (Å²) < 4.78 is 0. The van der Waals surface area contributed by atoms with E-state index in [1.807, 2.05) is 0 Å². The number of hydrogen-bond acceptors (Lipinski definition) is 0. The molecule has 0 aliphatic heterocycles. The van der Waals surface area contributed by atoms with E-state index in [0.29, 0.717) is 0 Å². The van der Waals surface area contributed by atoms with Crippen molar-refractivity contribution in [2.75, 3.05) is 0 Å². The summed E-state index contributed by atoms with van der Waals surface area (Å²) in [5.74, 6) is 7.72. The normalized spacial score (nSPS) is 47.7. The summed E-state index contributed by atoms with van der Waals surface area (Å²) in [7, 11) is 0. The first-order chi connectivity index (χ1) is 9.45. The first-order valence-electron chi connectivity index (χ1n) is 9.30. The Kier molecular flexibility index (Phi) is 3.62. The van der Waals surface area contributed by atoms with E-state index < -0.39 is 0 Å². The van der Waals surface area contributed by atoms with Gasteiger partial charge in [0.1, 0.15) is 0 Å². The molecule has 0 aromatic rings. The second-order valence-corrected chi connectivity index (χ2v) is 7.97. The van der Waals surface area contributed by atoms with Gasteiger partial charge in [0, 0.05) is 0 Å². The van der Waals surface area contributed by atoms with Crippen molar-refractivity contribution in [3.63, 3.8) is 0 Å². The molecule has 4 saturated carbocycles. The maximum Gasteiger partial charge on any atom is -0.0204 e. The van der Waals surface area contributed by atoms with E-state index in [4.69, 9.17) is 0 Å². The Labute approximate surface area is 119 Å². The second-order valence-electron chi connectivity index (χ2n) is 7.97. The van der Waals surface area contributed by atoms with Gasteiger partial charge in [0.25, 0.3) is 0 Å². The van der Waals surface area contributed by atoms with Crippen LogP contribution in [0.1, 0.15) is 83.5 Å². The van der Waals surface area contributed by atoms with Crippen molar-refractivity contribution in [2.24, 2.45) is 29.6 Å². The Morgan fingerprint density at radius 1 is 0.474 bits per heavy atom. The van der Waals surface area contributed by atoms with Crippen LogP contribution in [0.3, 0.4) is 0 Å². The summed E-state index contributed by atoms with van der Waals surface area (Å²) in [6.45, 7) is 0. The molecule has 0 aromatic carbocycles. The van der Waals surface area contributed by atoms with Gasteiger partial charge in [0.05, 0.1) is 0 Å². The fourth-order valence-corrected chi connectivity index (χ4v) is 6.59. The zero-order valence-corrected chi connectivity index (χ0v) is 12.6. The van der Waals surface area contributed by atoms with Gasteiger partial charge in [-0.15, -0.1) is 0 Å². The molecule has 4 atom stereocenters. The van der Waals surface area contributed by atoms with Crippen molar-refractivity contribution in [1.82, 2.24) is 0 Å². The number of rotatable bonds is 1. The van der Waals surface area contributed by atoms with Gasteiger partial charge in [0.15, 0.2) is 0 Å². The summed E-state index contributed by atoms with van der Waals surface area (Å²) in [5, 5.41) is 0. The van der Waals surface area contributed by atoms with E-state index >= 15 is 0 Å². The molecule has 0 heterocycles. The minimum Gasteiger partial charge on any atom is -0.0533 e. The van der Waals surface area contributed by atoms with Gasteiger partial charge in [0.2, 0.25) is 0 Å². The lowest BCUT2D eigenvalue weighted by Gasteiger charge is -2.37. The van der Waals surface area contributed by atoms with Crippen LogP contribution in [0.5, 0.6) is 0 Å². The maximum absolute atomic E-state index is 2.05. The van der Waals surface area contributed by atoms with Crippen LogP contribution in [0.2, 0.25) is 0 Å². The lowest BCUT2D eigenvalue weighted by molar-refractivity contribution is 0.184. The predicted molar refractivity (Wildman–Crippen MR) is 80.7 cm³/mol. The Morgan fingerprint density at radius 2 is 0.947 bits per heavy atom. The van der Waals surface area contributed by atoms with Crippen LogP contribution >= 0.6 is 0 Å². The lowest BCUT2D eigenvalue weighted by Crippen LogP contribution is -2.28. The van der Waals surface area contributed by atoms with E-state index in [9.17, 15) is 0 Å². The van der Waals surface area contributed by atoms with Gasteiger partial charge in [-0.2, -0.15) is 0 Å². The number of hydrogen-bond donors (Lipinski definition) is 0. The molecule has 0 nitrogen and oxygen atoms in total. The molecule has 0 heteroatoms. The third kappa shape index (κ3) is 2.18. The highest BCUT2D eigenvalue weighted by Gasteiger charge is 2.52. The SMILES string of the molecule is C1CC[C](C2C3CCCCC3C3CCCCC32)CC1. The minimum absolute atomic E-state index is 1.09. The highest BCUT2D eigenvalue weighted by Crippen LogP contribution is 2.61. The zero-order valence-electron chi connectivity index (χ0n) is 12.6. The molecule has 4 aliphatic carbocycles. The van der Waals surface area contributed by atoms with Crippen molar-refractivity contribution >= 4 is 0 Å². The molecule has 0 spiro atoms. The molecular formula is C19H31. The molecule has 0 bridgehead atoms. The Bertz CT molecular complexity index is 279. The topological polar surface area (TPSA) is 0 Å². The molecule has 4 unspecified atom stereocenters. The van der Waals surface area contributed by atoms with Crippen molar-refractivity contribution in [3.8, 4) is 0 Å². The molecule has 107 valence electrons. The third-order valence-electron chi connectivity index (χ3n) is 7.19. The fraction of sp³-hybridized carbons (Fsp3) is 0.947. The van der Waals surface area contributed by atoms with Crippen molar-refractivity contribution < 1.29 is 0 Å². The van der Waals surface area contributed by atoms with Crippen LogP contribution in [0, 0.1) is 35.5 Å². The molecule has 0 aromatic heterocycles. The summed E-state index contributed by atoms with van der Waals surface area (Å²) in [5.41, 5.74) is 0. The first-order valence-corrected chi connectivity index (χ1v) is 9.30. The van der Waals surface area contributed by atoms with Crippen LogP contribution in [0.4, 0.5) is 0 Å². The highest BCUT2D eigenvalue weighted by molar-refractivity contribution is 5.11. The molecule has 19 heavy (non-hydrogen) atoms. The monoisotopic (exact) mass is 259 g/mol. The predicted octanol–water partition coefficient (Wildman–Crippen LogP) is 5.77. The molecule has 0 N–H and O–H groups in total. The van der Waals surface area contributed by atoms with Gasteiger partial charge in [-0.1, -0.05) is 44.9 Å². The Morgan fingerprint density at radius 3 is 1.47 bits per heavy atom. The molecule has 4 fully saturated rings. The molecule has 4 aliphatic rings. The van der Waals surface area contributed by atoms with Crippen molar-refractivity contribution in [2.45, 2.75) is 83.5 Å². The van der Waals surface area contributed by atoms with E-state index in [2.05, 4.69) is 5.92 Å². The van der Waals surface area contributed by atoms with Gasteiger partial charge in [-0.3, -0.25) is 0 Å². The van der Waals surface area contributed by atoms with Gasteiger partial charge >= 0.3 is 0 Å². The quantitative estimate of drug-likeness (QED) is 0.561. The average molecular weight is 259 g/mol. The van der Waals surface area contributed by atoms with E-state index in [1.165, 1.54) is 32.1 Å². The van der Waals surface area contributed by atoms with Crippen LogP contribution in [-0.4, -0.2) is 0 Å². The first kappa shape index (κ1) is 12.7. The fourth-order valence-electron chi connectivity index (χ4n) is 6.59. The van der Waals surface area contributed by atoms with Gasteiger partial charge in [-0.05, 0) is 74.0 Å². The Balaban J connectivity index is 1.59. The molecule has 4 rings (SSSR count). The summed E-state index contributed by atoms with van der Waals surface area (Å²) in [6, 6.07) is 0. The van der Waals surface area contributed by atoms with E-state index in [-0.39, 0.29) is 0 Å². The van der Waals surface area contributed by atoms with E-state index in [1.54, 1.807) is 51.4 Å². The largest absolute Gasteiger partial charge is 0.0533 e. The summed E-state index contributed by atoms with van der Waals surface area (Å²) in [4.78, 5) is 0. The minimum atomic E-state index is 1.09. The smallest absolute Gasteiger partial charge is 0.0204 e. The Hall–Kier alpha value is 0. The lowest BCUT2D eigenvalue weighted by atomic mass is 9.67. The average Bonchev–Trinajstić information content (AvgIpc) is 2.83. The highest BCUT2D eigenvalue weighted by atomic mass is 14.6. The van der Waals surface area contributed by atoms with E-state index in [0.717, 1.165) is 29.6 Å². The number of fused-ring (bicyclic) bond motifs is 3. The van der Waals surface area contributed by atoms with Crippen molar-refractivity contribution in [3.05, 3.63) is 5.92 Å². The van der Waals surface area contributed by atoms with Crippen LogP contribution in [0.25, 0.3) is 0 Å². The standard InChI is InChI=1S/C19H31/c1-2-8-14(9-3-1)19-17-12-6-4-10-15(17)16-11-5-7-13-18(16)19/h15-19H,1-13H2. The van der Waals surface area contributed by atoms with Gasteiger partial charge < -0.3 is 0 Å². The molecule has 0 amide bonds. The third-order valence-corrected chi connectivity index (χ3v) is 7.19. The molecular weight excluding hydrogens is 228 g/mol. The molecule has 1 radical (unpaired) electrons. The second kappa shape index (κ2) is 5.41. The summed E-state index contributed by atoms with van der Waals surface area (Å²) >= 11 is 0. The van der Waals surface area contributed by atoms with Crippen LogP contribution < -0.4 is 0 Å². The van der Waals surface area contributed by atoms with Gasteiger partial charge in [-0.25, -0.2) is 0 Å². The molecule has 0 saturated heterocycles. The zero-order chi connectivity index (χ0) is 12.7.